The molecule has 0 bridgehead atoms. The third-order valence-electron chi connectivity index (χ3n) is 4.95. The molecule has 0 saturated carbocycles. The van der Waals surface area contributed by atoms with E-state index in [4.69, 9.17) is 5.73 Å². The number of rotatable bonds is 3. The number of nitrogen functional groups attached to an aromatic ring is 1. The standard InChI is InChI=1S/C18H16F3N7S/c19-18(20,21)16-23-12-9-27(7-5-13(12)29-16)8-6-14-25-15-10-3-1-2-4-11(10)24-17(22)28(15)26-14/h1-4H,5-9H2,(H2,22,24). The second-order valence-corrected chi connectivity index (χ2v) is 8.00. The van der Waals surface area contributed by atoms with Crippen molar-refractivity contribution in [2.24, 2.45) is 0 Å². The Labute approximate surface area is 167 Å². The van der Waals surface area contributed by atoms with Crippen LogP contribution in [-0.2, 0) is 25.6 Å². The zero-order valence-corrected chi connectivity index (χ0v) is 16.0. The minimum atomic E-state index is -4.38. The van der Waals surface area contributed by atoms with E-state index in [-0.39, 0.29) is 5.95 Å². The van der Waals surface area contributed by atoms with E-state index in [2.05, 4.69) is 25.0 Å². The van der Waals surface area contributed by atoms with Crippen LogP contribution in [0.4, 0.5) is 19.1 Å². The number of fused-ring (bicyclic) bond motifs is 4. The fourth-order valence-corrected chi connectivity index (χ4v) is 4.47. The topological polar surface area (TPSA) is 85.2 Å². The molecule has 0 fully saturated rings. The molecule has 2 N–H and O–H groups in total. The van der Waals surface area contributed by atoms with Gasteiger partial charge in [0.25, 0.3) is 0 Å². The molecule has 0 atom stereocenters. The minimum Gasteiger partial charge on any atom is -0.368 e. The normalized spacial score (nSPS) is 15.3. The van der Waals surface area contributed by atoms with Gasteiger partial charge in [0.05, 0.1) is 11.2 Å². The first-order chi connectivity index (χ1) is 13.9. The quantitative estimate of drug-likeness (QED) is 0.550. The summed E-state index contributed by atoms with van der Waals surface area (Å²) < 4.78 is 40.2. The summed E-state index contributed by atoms with van der Waals surface area (Å²) in [7, 11) is 0. The first-order valence-electron chi connectivity index (χ1n) is 9.06. The highest BCUT2D eigenvalue weighted by Crippen LogP contribution is 2.36. The van der Waals surface area contributed by atoms with Crippen LogP contribution in [0.15, 0.2) is 24.3 Å². The molecule has 0 aliphatic carbocycles. The van der Waals surface area contributed by atoms with Gasteiger partial charge in [0.1, 0.15) is 0 Å². The van der Waals surface area contributed by atoms with Crippen molar-refractivity contribution in [3.63, 3.8) is 0 Å². The lowest BCUT2D eigenvalue weighted by Gasteiger charge is -2.25. The third-order valence-corrected chi connectivity index (χ3v) is 6.15. The monoisotopic (exact) mass is 419 g/mol. The molecule has 0 saturated heterocycles. The number of nitrogens with zero attached hydrogens (tertiary/aromatic N) is 6. The van der Waals surface area contributed by atoms with Gasteiger partial charge >= 0.3 is 6.18 Å². The van der Waals surface area contributed by atoms with Crippen molar-refractivity contribution in [2.75, 3.05) is 18.8 Å². The lowest BCUT2D eigenvalue weighted by Crippen LogP contribution is -2.32. The first-order valence-corrected chi connectivity index (χ1v) is 9.88. The maximum atomic E-state index is 12.9. The predicted molar refractivity (Wildman–Crippen MR) is 103 cm³/mol. The number of nitrogens with two attached hydrogens (primary N) is 1. The summed E-state index contributed by atoms with van der Waals surface area (Å²) in [5.74, 6) is 0.886. The molecule has 1 aromatic carbocycles. The number of benzene rings is 1. The number of hydrogen-bond acceptors (Lipinski definition) is 7. The van der Waals surface area contributed by atoms with Crippen molar-refractivity contribution < 1.29 is 13.2 Å². The molecule has 0 spiro atoms. The Kier molecular flexibility index (Phi) is 4.17. The van der Waals surface area contributed by atoms with Crippen molar-refractivity contribution in [1.82, 2.24) is 29.5 Å². The SMILES string of the molecule is Nc1nc2ccccc2c2nc(CCN3CCc4sc(C(F)(F)F)nc4C3)nn12. The molecule has 5 rings (SSSR count). The highest BCUT2D eigenvalue weighted by Gasteiger charge is 2.36. The molecular weight excluding hydrogens is 403 g/mol. The van der Waals surface area contributed by atoms with Crippen LogP contribution in [-0.4, -0.2) is 42.6 Å². The average molecular weight is 419 g/mol. The Morgan fingerprint density at radius 3 is 2.79 bits per heavy atom. The van der Waals surface area contributed by atoms with E-state index in [0.29, 0.717) is 49.6 Å². The Morgan fingerprint density at radius 1 is 1.14 bits per heavy atom. The zero-order chi connectivity index (χ0) is 20.2. The molecule has 0 radical (unpaired) electrons. The molecule has 3 aromatic heterocycles. The van der Waals surface area contributed by atoms with Gasteiger partial charge in [-0.2, -0.15) is 17.7 Å². The maximum absolute atomic E-state index is 12.9. The molecule has 150 valence electrons. The van der Waals surface area contributed by atoms with E-state index in [1.807, 2.05) is 24.3 Å². The van der Waals surface area contributed by atoms with Gasteiger partial charge in [0.15, 0.2) is 16.5 Å². The highest BCUT2D eigenvalue weighted by atomic mass is 32.1. The van der Waals surface area contributed by atoms with Crippen LogP contribution in [0.1, 0.15) is 21.4 Å². The van der Waals surface area contributed by atoms with E-state index in [1.54, 1.807) is 0 Å². The molecule has 11 heteroatoms. The Balaban J connectivity index is 1.34. The zero-order valence-electron chi connectivity index (χ0n) is 15.1. The van der Waals surface area contributed by atoms with E-state index in [9.17, 15) is 13.2 Å². The Bertz CT molecular complexity index is 1210. The van der Waals surface area contributed by atoms with Gasteiger partial charge < -0.3 is 5.73 Å². The van der Waals surface area contributed by atoms with Crippen molar-refractivity contribution in [3.05, 3.63) is 45.7 Å². The molecule has 7 nitrogen and oxygen atoms in total. The third kappa shape index (κ3) is 3.29. The van der Waals surface area contributed by atoms with Gasteiger partial charge in [-0.05, 0) is 18.6 Å². The van der Waals surface area contributed by atoms with Crippen LogP contribution in [0.2, 0.25) is 0 Å². The van der Waals surface area contributed by atoms with Crippen LogP contribution in [0.5, 0.6) is 0 Å². The van der Waals surface area contributed by atoms with Crippen molar-refractivity contribution >= 4 is 33.8 Å². The van der Waals surface area contributed by atoms with E-state index in [1.165, 1.54) is 4.52 Å². The number of halogens is 3. The van der Waals surface area contributed by atoms with Gasteiger partial charge in [-0.3, -0.25) is 4.90 Å². The van der Waals surface area contributed by atoms with Gasteiger partial charge in [0, 0.05) is 36.3 Å². The lowest BCUT2D eigenvalue weighted by molar-refractivity contribution is -0.137. The molecule has 4 heterocycles. The smallest absolute Gasteiger partial charge is 0.368 e. The van der Waals surface area contributed by atoms with Crippen LogP contribution in [0.25, 0.3) is 16.6 Å². The van der Waals surface area contributed by atoms with Crippen molar-refractivity contribution in [1.29, 1.82) is 0 Å². The van der Waals surface area contributed by atoms with Crippen LogP contribution < -0.4 is 5.73 Å². The van der Waals surface area contributed by atoms with Gasteiger partial charge in [-0.25, -0.2) is 15.0 Å². The van der Waals surface area contributed by atoms with E-state index in [0.717, 1.165) is 27.1 Å². The Hall–Kier alpha value is -2.79. The molecule has 1 aliphatic rings. The summed E-state index contributed by atoms with van der Waals surface area (Å²) in [5, 5.41) is 4.56. The lowest BCUT2D eigenvalue weighted by atomic mass is 10.2. The number of alkyl halides is 3. The summed E-state index contributed by atoms with van der Waals surface area (Å²) in [6.07, 6.45) is -3.26. The van der Waals surface area contributed by atoms with E-state index < -0.39 is 11.2 Å². The molecule has 0 amide bonds. The first kappa shape index (κ1) is 18.3. The predicted octanol–water partition coefficient (Wildman–Crippen LogP) is 2.94. The Morgan fingerprint density at radius 2 is 1.97 bits per heavy atom. The molecular formula is C18H16F3N7S. The average Bonchev–Trinajstić information content (AvgIpc) is 3.31. The fourth-order valence-electron chi connectivity index (χ4n) is 3.55. The van der Waals surface area contributed by atoms with Crippen LogP contribution in [0.3, 0.4) is 0 Å². The number of anilines is 1. The van der Waals surface area contributed by atoms with Gasteiger partial charge in [-0.1, -0.05) is 12.1 Å². The summed E-state index contributed by atoms with van der Waals surface area (Å²) in [5.41, 5.74) is 7.93. The second kappa shape index (κ2) is 6.63. The fraction of sp³-hybridized carbons (Fsp3) is 0.333. The van der Waals surface area contributed by atoms with Crippen LogP contribution >= 0.6 is 11.3 Å². The van der Waals surface area contributed by atoms with Gasteiger partial charge in [0.2, 0.25) is 5.95 Å². The summed E-state index contributed by atoms with van der Waals surface area (Å²) in [6.45, 7) is 1.72. The van der Waals surface area contributed by atoms with Gasteiger partial charge in [-0.15, -0.1) is 16.4 Å². The number of para-hydroxylation sites is 1. The number of thiazole rings is 1. The van der Waals surface area contributed by atoms with E-state index >= 15 is 0 Å². The number of aromatic nitrogens is 5. The second-order valence-electron chi connectivity index (χ2n) is 6.91. The highest BCUT2D eigenvalue weighted by molar-refractivity contribution is 7.11. The minimum absolute atomic E-state index is 0.266. The summed E-state index contributed by atoms with van der Waals surface area (Å²) in [4.78, 5) is 15.6. The molecule has 29 heavy (non-hydrogen) atoms. The van der Waals surface area contributed by atoms with Crippen molar-refractivity contribution in [2.45, 2.75) is 25.6 Å². The molecule has 4 aromatic rings. The van der Waals surface area contributed by atoms with Crippen LogP contribution in [0, 0.1) is 0 Å². The summed E-state index contributed by atoms with van der Waals surface area (Å²) >= 11 is 0.753. The maximum Gasteiger partial charge on any atom is 0.443 e. The summed E-state index contributed by atoms with van der Waals surface area (Å²) in [6, 6.07) is 7.58. The molecule has 1 aliphatic heterocycles. The molecule has 0 unspecified atom stereocenters. The largest absolute Gasteiger partial charge is 0.443 e. The number of hydrogen-bond donors (Lipinski definition) is 1. The van der Waals surface area contributed by atoms with Crippen molar-refractivity contribution in [3.8, 4) is 0 Å².